The van der Waals surface area contributed by atoms with Crippen LogP contribution >= 0.6 is 0 Å². The number of rotatable bonds is 2. The zero-order chi connectivity index (χ0) is 13.3. The summed E-state index contributed by atoms with van der Waals surface area (Å²) in [4.78, 5) is 11.7. The van der Waals surface area contributed by atoms with Gasteiger partial charge in [-0.05, 0) is 39.1 Å². The SMILES string of the molecule is CC(=O)c1ccc2ccccc2c1OC(C)(C)C. The van der Waals surface area contributed by atoms with Crippen LogP contribution in [0.3, 0.4) is 0 Å². The molecule has 0 atom stereocenters. The van der Waals surface area contributed by atoms with E-state index in [2.05, 4.69) is 0 Å². The van der Waals surface area contributed by atoms with Gasteiger partial charge in [0.2, 0.25) is 0 Å². The largest absolute Gasteiger partial charge is 0.487 e. The Morgan fingerprint density at radius 1 is 1.06 bits per heavy atom. The fourth-order valence-electron chi connectivity index (χ4n) is 1.94. The first-order valence-corrected chi connectivity index (χ1v) is 6.10. The molecular weight excluding hydrogens is 224 g/mol. The van der Waals surface area contributed by atoms with Crippen molar-refractivity contribution in [1.82, 2.24) is 0 Å². The molecule has 0 saturated heterocycles. The quantitative estimate of drug-likeness (QED) is 0.737. The van der Waals surface area contributed by atoms with Crippen molar-refractivity contribution in [3.05, 3.63) is 42.0 Å². The van der Waals surface area contributed by atoms with Gasteiger partial charge in [0.05, 0.1) is 5.56 Å². The zero-order valence-corrected chi connectivity index (χ0v) is 11.3. The lowest BCUT2D eigenvalue weighted by molar-refractivity contribution is 0.0993. The van der Waals surface area contributed by atoms with Gasteiger partial charge in [-0.2, -0.15) is 0 Å². The van der Waals surface area contributed by atoms with E-state index < -0.39 is 0 Å². The maximum atomic E-state index is 11.7. The molecule has 94 valence electrons. The van der Waals surface area contributed by atoms with Gasteiger partial charge in [-0.1, -0.05) is 30.3 Å². The Hall–Kier alpha value is -1.83. The summed E-state index contributed by atoms with van der Waals surface area (Å²) >= 11 is 0. The predicted octanol–water partition coefficient (Wildman–Crippen LogP) is 4.22. The van der Waals surface area contributed by atoms with Crippen LogP contribution in [0.1, 0.15) is 38.1 Å². The Balaban J connectivity index is 2.70. The molecule has 0 bridgehead atoms. The average molecular weight is 242 g/mol. The van der Waals surface area contributed by atoms with Gasteiger partial charge in [-0.3, -0.25) is 4.79 Å². The summed E-state index contributed by atoms with van der Waals surface area (Å²) < 4.78 is 5.99. The smallest absolute Gasteiger partial charge is 0.163 e. The molecule has 0 aliphatic heterocycles. The van der Waals surface area contributed by atoms with E-state index in [1.54, 1.807) is 6.92 Å². The Labute approximate surface area is 108 Å². The molecule has 2 rings (SSSR count). The van der Waals surface area contributed by atoms with Crippen molar-refractivity contribution in [2.45, 2.75) is 33.3 Å². The first-order chi connectivity index (χ1) is 8.38. The summed E-state index contributed by atoms with van der Waals surface area (Å²) in [6, 6.07) is 11.8. The Morgan fingerprint density at radius 2 is 1.72 bits per heavy atom. The van der Waals surface area contributed by atoms with Gasteiger partial charge in [-0.15, -0.1) is 0 Å². The van der Waals surface area contributed by atoms with Crippen LogP contribution < -0.4 is 4.74 Å². The monoisotopic (exact) mass is 242 g/mol. The summed E-state index contributed by atoms with van der Waals surface area (Å²) in [5.41, 5.74) is 0.317. The first-order valence-electron chi connectivity index (χ1n) is 6.10. The van der Waals surface area contributed by atoms with E-state index >= 15 is 0 Å². The second-order valence-corrected chi connectivity index (χ2v) is 5.43. The van der Waals surface area contributed by atoms with Gasteiger partial charge < -0.3 is 4.74 Å². The molecule has 0 aromatic heterocycles. The molecule has 0 radical (unpaired) electrons. The van der Waals surface area contributed by atoms with Gasteiger partial charge in [0.25, 0.3) is 0 Å². The molecule has 2 aromatic rings. The molecular formula is C16H18O2. The van der Waals surface area contributed by atoms with Crippen molar-refractivity contribution in [2.75, 3.05) is 0 Å². The molecule has 2 nitrogen and oxygen atoms in total. The minimum atomic E-state index is -0.325. The normalized spacial score (nSPS) is 11.6. The molecule has 0 aliphatic rings. The third-order valence-electron chi connectivity index (χ3n) is 2.67. The van der Waals surface area contributed by atoms with Crippen molar-refractivity contribution < 1.29 is 9.53 Å². The van der Waals surface area contributed by atoms with Gasteiger partial charge in [0, 0.05) is 5.39 Å². The number of carbonyl (C=O) groups is 1. The summed E-state index contributed by atoms with van der Waals surface area (Å²) in [6.07, 6.45) is 0. The van der Waals surface area contributed by atoms with E-state index in [4.69, 9.17) is 4.74 Å². The van der Waals surface area contributed by atoms with Gasteiger partial charge in [0.15, 0.2) is 5.78 Å². The highest BCUT2D eigenvalue weighted by molar-refractivity contribution is 6.03. The Kier molecular flexibility index (Phi) is 3.12. The number of hydrogen-bond donors (Lipinski definition) is 0. The summed E-state index contributed by atoms with van der Waals surface area (Å²) in [7, 11) is 0. The molecule has 0 aliphatic carbocycles. The number of ether oxygens (including phenoxy) is 1. The van der Waals surface area contributed by atoms with Crippen LogP contribution in [-0.2, 0) is 0 Å². The topological polar surface area (TPSA) is 26.3 Å². The number of ketones is 1. The lowest BCUT2D eigenvalue weighted by Crippen LogP contribution is -2.24. The van der Waals surface area contributed by atoms with Crippen LogP contribution in [0.4, 0.5) is 0 Å². The third kappa shape index (κ3) is 2.53. The summed E-state index contributed by atoms with van der Waals surface area (Å²) in [6.45, 7) is 7.52. The van der Waals surface area contributed by atoms with Gasteiger partial charge >= 0.3 is 0 Å². The van der Waals surface area contributed by atoms with Crippen molar-refractivity contribution >= 4 is 16.6 Å². The maximum absolute atomic E-state index is 11.7. The number of Topliss-reactive ketones (excluding diaryl/α,β-unsaturated/α-hetero) is 1. The highest BCUT2D eigenvalue weighted by Crippen LogP contribution is 2.32. The van der Waals surface area contributed by atoms with Crippen molar-refractivity contribution in [1.29, 1.82) is 0 Å². The zero-order valence-electron chi connectivity index (χ0n) is 11.3. The van der Waals surface area contributed by atoms with Crippen LogP contribution in [0.15, 0.2) is 36.4 Å². The molecule has 18 heavy (non-hydrogen) atoms. The summed E-state index contributed by atoms with van der Waals surface area (Å²) in [5.74, 6) is 0.716. The molecule has 0 N–H and O–H groups in total. The Morgan fingerprint density at radius 3 is 2.33 bits per heavy atom. The molecule has 0 spiro atoms. The highest BCUT2D eigenvalue weighted by Gasteiger charge is 2.18. The van der Waals surface area contributed by atoms with E-state index in [1.165, 1.54) is 0 Å². The lowest BCUT2D eigenvalue weighted by Gasteiger charge is -2.24. The number of hydrogen-bond acceptors (Lipinski definition) is 2. The Bertz CT molecular complexity index is 592. The van der Waals surface area contributed by atoms with E-state index in [-0.39, 0.29) is 11.4 Å². The first kappa shape index (κ1) is 12.6. The van der Waals surface area contributed by atoms with Crippen molar-refractivity contribution in [3.8, 4) is 5.75 Å². The minimum absolute atomic E-state index is 0.0278. The number of fused-ring (bicyclic) bond motifs is 1. The minimum Gasteiger partial charge on any atom is -0.487 e. The predicted molar refractivity (Wildman–Crippen MR) is 74.3 cm³/mol. The number of benzene rings is 2. The van der Waals surface area contributed by atoms with Crippen LogP contribution in [0.2, 0.25) is 0 Å². The maximum Gasteiger partial charge on any atom is 0.163 e. The second-order valence-electron chi connectivity index (χ2n) is 5.43. The fraction of sp³-hybridized carbons (Fsp3) is 0.312. The molecule has 0 heterocycles. The average Bonchev–Trinajstić information content (AvgIpc) is 2.27. The van der Waals surface area contributed by atoms with Gasteiger partial charge in [-0.25, -0.2) is 0 Å². The molecule has 0 fully saturated rings. The van der Waals surface area contributed by atoms with E-state index in [0.29, 0.717) is 11.3 Å². The third-order valence-corrected chi connectivity index (χ3v) is 2.67. The summed E-state index contributed by atoms with van der Waals surface area (Å²) in [5, 5.41) is 2.07. The number of carbonyl (C=O) groups excluding carboxylic acids is 1. The van der Waals surface area contributed by atoms with Crippen LogP contribution in [-0.4, -0.2) is 11.4 Å². The highest BCUT2D eigenvalue weighted by atomic mass is 16.5. The lowest BCUT2D eigenvalue weighted by atomic mass is 10.0. The van der Waals surface area contributed by atoms with E-state index in [0.717, 1.165) is 10.8 Å². The van der Waals surface area contributed by atoms with E-state index in [1.807, 2.05) is 57.2 Å². The van der Waals surface area contributed by atoms with Gasteiger partial charge in [0.1, 0.15) is 11.4 Å². The van der Waals surface area contributed by atoms with Crippen molar-refractivity contribution in [3.63, 3.8) is 0 Å². The van der Waals surface area contributed by atoms with Crippen LogP contribution in [0, 0.1) is 0 Å². The standard InChI is InChI=1S/C16H18O2/c1-11(17)13-10-9-12-7-5-6-8-14(12)15(13)18-16(2,3)4/h5-10H,1-4H3. The molecule has 2 aromatic carbocycles. The van der Waals surface area contributed by atoms with E-state index in [9.17, 15) is 4.79 Å². The molecule has 0 unspecified atom stereocenters. The van der Waals surface area contributed by atoms with Crippen molar-refractivity contribution in [2.24, 2.45) is 0 Å². The van der Waals surface area contributed by atoms with Crippen LogP contribution in [0.25, 0.3) is 10.8 Å². The fourth-order valence-corrected chi connectivity index (χ4v) is 1.94. The molecule has 0 saturated carbocycles. The second kappa shape index (κ2) is 4.45. The molecule has 2 heteroatoms. The molecule has 0 amide bonds. The van der Waals surface area contributed by atoms with Crippen LogP contribution in [0.5, 0.6) is 5.75 Å².